The second-order valence-electron chi connectivity index (χ2n) is 8.76. The number of nitrogens with one attached hydrogen (secondary N) is 2. The summed E-state index contributed by atoms with van der Waals surface area (Å²) in [6.45, 7) is 0.469. The van der Waals surface area contributed by atoms with Gasteiger partial charge in [0.25, 0.3) is 11.8 Å². The van der Waals surface area contributed by atoms with Crippen LogP contribution in [0.5, 0.6) is 11.6 Å². The van der Waals surface area contributed by atoms with E-state index in [1.54, 1.807) is 46.1 Å². The van der Waals surface area contributed by atoms with Gasteiger partial charge in [0, 0.05) is 24.2 Å². The van der Waals surface area contributed by atoms with Crippen molar-refractivity contribution in [2.75, 3.05) is 11.4 Å². The standard InChI is InChI=1S/C26H19N7O4/c27-13-16-2-4-18(5-3-16)33-15-17-12-20(7-8-21(17)31-33)37-22-9-6-19(14-28-22)32-11-1-10-26(32)23(34)29-25(36)30-24(26)35/h2-9,12,14-15H,1,10-11H2,(H2,29,30,34,35,36). The van der Waals surface area contributed by atoms with Crippen LogP contribution in [0.1, 0.15) is 18.4 Å². The highest BCUT2D eigenvalue weighted by Gasteiger charge is 2.57. The van der Waals surface area contributed by atoms with Crippen molar-refractivity contribution >= 4 is 34.4 Å². The number of aromatic nitrogens is 3. The Morgan fingerprint density at radius 2 is 1.73 bits per heavy atom. The van der Waals surface area contributed by atoms with Gasteiger partial charge in [-0.25, -0.2) is 14.5 Å². The minimum Gasteiger partial charge on any atom is -0.439 e. The zero-order chi connectivity index (χ0) is 25.6. The molecule has 37 heavy (non-hydrogen) atoms. The normalized spacial score (nSPS) is 16.5. The molecule has 2 N–H and O–H groups in total. The van der Waals surface area contributed by atoms with Crippen LogP contribution in [-0.4, -0.2) is 44.7 Å². The van der Waals surface area contributed by atoms with Crippen LogP contribution in [0.3, 0.4) is 0 Å². The SMILES string of the molecule is N#Cc1ccc(-n2cc3cc(Oc4ccc(N5CCCC56C(=O)NC(=O)NC6=O)cn4)ccc3n2)cc1. The molecule has 2 saturated heterocycles. The van der Waals surface area contributed by atoms with Crippen molar-refractivity contribution in [1.29, 1.82) is 5.26 Å². The van der Waals surface area contributed by atoms with Crippen LogP contribution in [0.25, 0.3) is 16.6 Å². The van der Waals surface area contributed by atoms with Gasteiger partial charge in [-0.3, -0.25) is 20.2 Å². The number of barbiturate groups is 1. The van der Waals surface area contributed by atoms with Crippen molar-refractivity contribution in [2.45, 2.75) is 18.4 Å². The molecule has 4 amide bonds. The lowest BCUT2D eigenvalue weighted by molar-refractivity contribution is -0.137. The van der Waals surface area contributed by atoms with Gasteiger partial charge in [0.05, 0.1) is 34.7 Å². The smallest absolute Gasteiger partial charge is 0.328 e. The molecule has 11 nitrogen and oxygen atoms in total. The summed E-state index contributed by atoms with van der Waals surface area (Å²) >= 11 is 0. The topological polar surface area (TPSA) is 142 Å². The van der Waals surface area contributed by atoms with Crippen LogP contribution in [0.15, 0.2) is 67.0 Å². The molecule has 0 saturated carbocycles. The van der Waals surface area contributed by atoms with Crippen LogP contribution in [-0.2, 0) is 9.59 Å². The Morgan fingerprint density at radius 3 is 2.43 bits per heavy atom. The number of ether oxygens (including phenoxy) is 1. The molecular weight excluding hydrogens is 474 g/mol. The average molecular weight is 493 g/mol. The van der Waals surface area contributed by atoms with Gasteiger partial charge >= 0.3 is 6.03 Å². The maximum Gasteiger partial charge on any atom is 0.328 e. The first-order chi connectivity index (χ1) is 18.0. The van der Waals surface area contributed by atoms with E-state index in [2.05, 4.69) is 26.8 Å². The average Bonchev–Trinajstić information content (AvgIpc) is 3.53. The number of benzene rings is 2. The number of rotatable bonds is 4. The number of amides is 4. The van der Waals surface area contributed by atoms with Crippen LogP contribution < -0.4 is 20.3 Å². The summed E-state index contributed by atoms with van der Waals surface area (Å²) in [6, 6.07) is 17.3. The summed E-state index contributed by atoms with van der Waals surface area (Å²) in [5.74, 6) is -0.360. The van der Waals surface area contributed by atoms with Crippen molar-refractivity contribution < 1.29 is 19.1 Å². The number of hydrogen-bond acceptors (Lipinski definition) is 8. The van der Waals surface area contributed by atoms with Gasteiger partial charge in [-0.15, -0.1) is 0 Å². The van der Waals surface area contributed by atoms with Gasteiger partial charge in [-0.1, -0.05) is 0 Å². The van der Waals surface area contributed by atoms with E-state index in [-0.39, 0.29) is 0 Å². The number of urea groups is 1. The van der Waals surface area contributed by atoms with E-state index in [4.69, 9.17) is 10.00 Å². The number of pyridine rings is 1. The Kier molecular flexibility index (Phi) is 5.08. The van der Waals surface area contributed by atoms with Crippen molar-refractivity contribution in [3.05, 3.63) is 72.6 Å². The second-order valence-corrected chi connectivity index (χ2v) is 8.76. The molecule has 11 heteroatoms. The van der Waals surface area contributed by atoms with E-state index in [1.807, 2.05) is 30.5 Å². The van der Waals surface area contributed by atoms with Gasteiger partial charge in [0.1, 0.15) is 5.75 Å². The molecule has 0 atom stereocenters. The number of anilines is 1. The first-order valence-electron chi connectivity index (χ1n) is 11.5. The third-order valence-corrected chi connectivity index (χ3v) is 6.58. The Labute approximate surface area is 210 Å². The molecule has 2 aliphatic heterocycles. The summed E-state index contributed by atoms with van der Waals surface area (Å²) in [6.07, 6.45) is 4.33. The van der Waals surface area contributed by atoms with Crippen molar-refractivity contribution in [2.24, 2.45) is 0 Å². The van der Waals surface area contributed by atoms with E-state index in [0.717, 1.165) is 16.6 Å². The van der Waals surface area contributed by atoms with Gasteiger partial charge in [0.2, 0.25) is 5.88 Å². The summed E-state index contributed by atoms with van der Waals surface area (Å²) in [5.41, 5.74) is 1.29. The largest absolute Gasteiger partial charge is 0.439 e. The highest BCUT2D eigenvalue weighted by molar-refractivity contribution is 6.24. The fraction of sp³-hybridized carbons (Fsp3) is 0.154. The van der Waals surface area contributed by atoms with E-state index >= 15 is 0 Å². The number of hydrogen-bond donors (Lipinski definition) is 2. The number of nitrogens with zero attached hydrogens (tertiary/aromatic N) is 5. The van der Waals surface area contributed by atoms with E-state index in [1.165, 1.54) is 0 Å². The summed E-state index contributed by atoms with van der Waals surface area (Å²) in [4.78, 5) is 42.9. The molecular formula is C26H19N7O4. The Balaban J connectivity index is 1.21. The first kappa shape index (κ1) is 22.2. The minimum atomic E-state index is -1.47. The summed E-state index contributed by atoms with van der Waals surface area (Å²) < 4.78 is 7.67. The van der Waals surface area contributed by atoms with E-state index in [9.17, 15) is 14.4 Å². The van der Waals surface area contributed by atoms with E-state index < -0.39 is 23.4 Å². The summed E-state index contributed by atoms with van der Waals surface area (Å²) in [5, 5.41) is 18.8. The molecule has 1 spiro atoms. The van der Waals surface area contributed by atoms with Crippen molar-refractivity contribution in [3.63, 3.8) is 0 Å². The quantitative estimate of drug-likeness (QED) is 0.413. The highest BCUT2D eigenvalue weighted by Crippen LogP contribution is 2.36. The predicted molar refractivity (Wildman–Crippen MR) is 131 cm³/mol. The van der Waals surface area contributed by atoms with Crippen LogP contribution in [0, 0.1) is 11.3 Å². The fourth-order valence-electron chi connectivity index (χ4n) is 4.79. The summed E-state index contributed by atoms with van der Waals surface area (Å²) in [7, 11) is 0. The number of imide groups is 2. The van der Waals surface area contributed by atoms with Crippen LogP contribution in [0.4, 0.5) is 10.5 Å². The molecule has 2 aromatic heterocycles. The zero-order valence-electron chi connectivity index (χ0n) is 19.3. The lowest BCUT2D eigenvalue weighted by atomic mass is 9.92. The molecule has 182 valence electrons. The lowest BCUT2D eigenvalue weighted by Crippen LogP contribution is -2.71. The van der Waals surface area contributed by atoms with Gasteiger partial charge in [-0.2, -0.15) is 10.4 Å². The number of nitriles is 1. The highest BCUT2D eigenvalue weighted by atomic mass is 16.5. The lowest BCUT2D eigenvalue weighted by Gasteiger charge is -2.38. The van der Waals surface area contributed by atoms with Gasteiger partial charge in [0.15, 0.2) is 5.54 Å². The van der Waals surface area contributed by atoms with Crippen molar-refractivity contribution in [1.82, 2.24) is 25.4 Å². The Morgan fingerprint density at radius 1 is 0.973 bits per heavy atom. The number of carbonyl (C=O) groups is 3. The van der Waals surface area contributed by atoms with E-state index in [0.29, 0.717) is 42.3 Å². The monoisotopic (exact) mass is 493 g/mol. The van der Waals surface area contributed by atoms with Crippen molar-refractivity contribution in [3.8, 4) is 23.4 Å². The Hall–Kier alpha value is -5.24. The predicted octanol–water partition coefficient (Wildman–Crippen LogP) is 2.79. The minimum absolute atomic E-state index is 0.298. The van der Waals surface area contributed by atoms with Crippen LogP contribution in [0.2, 0.25) is 0 Å². The molecule has 4 heterocycles. The molecule has 0 unspecified atom stereocenters. The number of fused-ring (bicyclic) bond motifs is 1. The molecule has 2 aromatic carbocycles. The molecule has 0 aliphatic carbocycles. The molecule has 6 rings (SSSR count). The maximum atomic E-state index is 12.7. The molecule has 4 aromatic rings. The van der Waals surface area contributed by atoms with Gasteiger partial charge < -0.3 is 9.64 Å². The fourth-order valence-corrected chi connectivity index (χ4v) is 4.79. The first-order valence-corrected chi connectivity index (χ1v) is 11.5. The molecule has 0 bridgehead atoms. The molecule has 0 radical (unpaired) electrons. The second kappa shape index (κ2) is 8.46. The number of carbonyl (C=O) groups excluding carboxylic acids is 3. The van der Waals surface area contributed by atoms with Gasteiger partial charge in [-0.05, 0) is 61.4 Å². The molecule has 2 aliphatic rings. The molecule has 2 fully saturated rings. The maximum absolute atomic E-state index is 12.7. The van der Waals surface area contributed by atoms with Crippen LogP contribution >= 0.6 is 0 Å². The third kappa shape index (κ3) is 3.71. The third-order valence-electron chi connectivity index (χ3n) is 6.58. The Bertz CT molecular complexity index is 1580. The zero-order valence-corrected chi connectivity index (χ0v) is 19.3.